The third kappa shape index (κ3) is 3.91. The summed E-state index contributed by atoms with van der Waals surface area (Å²) in [5, 5.41) is 9.42. The summed E-state index contributed by atoms with van der Waals surface area (Å²) in [6.07, 6.45) is 2.82. The maximum atomic E-state index is 12.0. The lowest BCUT2D eigenvalue weighted by Gasteiger charge is -2.08. The Morgan fingerprint density at radius 3 is 2.62 bits per heavy atom. The maximum Gasteiger partial charge on any atom is 0.224 e. The van der Waals surface area contributed by atoms with Crippen LogP contribution in [-0.2, 0) is 27.6 Å². The monoisotopic (exact) mass is 307 g/mol. The summed E-state index contributed by atoms with van der Waals surface area (Å²) in [5.41, 5.74) is 2.30. The highest BCUT2D eigenvalue weighted by Crippen LogP contribution is 2.15. The molecule has 2 N–H and O–H groups in total. The molecule has 0 aliphatic heterocycles. The normalized spacial score (nSPS) is 11.3. The Bertz CT molecular complexity index is 750. The number of amides is 1. The lowest BCUT2D eigenvalue weighted by atomic mass is 10.1. The van der Waals surface area contributed by atoms with Crippen molar-refractivity contribution in [3.63, 3.8) is 0 Å². The van der Waals surface area contributed by atoms with Crippen LogP contribution >= 0.6 is 0 Å². The number of benzene rings is 1. The van der Waals surface area contributed by atoms with Crippen molar-refractivity contribution in [1.29, 1.82) is 0 Å². The minimum absolute atomic E-state index is 0.0279. The van der Waals surface area contributed by atoms with Crippen LogP contribution < -0.4 is 5.32 Å². The van der Waals surface area contributed by atoms with Gasteiger partial charge in [0.25, 0.3) is 0 Å². The summed E-state index contributed by atoms with van der Waals surface area (Å²) >= 11 is 0. The smallest absolute Gasteiger partial charge is 0.224 e. The fraction of sp³-hybridized carbons (Fsp3) is 0.286. The van der Waals surface area contributed by atoms with Gasteiger partial charge in [-0.1, -0.05) is 18.2 Å². The molecule has 1 aromatic heterocycles. The van der Waals surface area contributed by atoms with Crippen LogP contribution in [0.2, 0.25) is 0 Å². The zero-order valence-electron chi connectivity index (χ0n) is 11.9. The van der Waals surface area contributed by atoms with Gasteiger partial charge in [-0.2, -0.15) is 5.10 Å². The molecule has 0 saturated carbocycles. The number of sulfone groups is 1. The number of carbonyl (C=O) groups is 1. The Morgan fingerprint density at radius 1 is 1.29 bits per heavy atom. The topological polar surface area (TPSA) is 91.9 Å². The number of hydrogen-bond acceptors (Lipinski definition) is 4. The third-order valence-electron chi connectivity index (χ3n) is 3.13. The standard InChI is InChI=1S/C14H17N3O3S/c1-10-12(9-16-17-10)8-15-14(18)7-11-5-3-4-6-13(11)21(2,19)20/h3-6,9H,7-8H2,1-2H3,(H,15,18)(H,16,17). The van der Waals surface area contributed by atoms with Gasteiger partial charge in [0.1, 0.15) is 0 Å². The van der Waals surface area contributed by atoms with Crippen molar-refractivity contribution in [2.45, 2.75) is 24.8 Å². The van der Waals surface area contributed by atoms with Crippen molar-refractivity contribution >= 4 is 15.7 Å². The van der Waals surface area contributed by atoms with Gasteiger partial charge >= 0.3 is 0 Å². The van der Waals surface area contributed by atoms with E-state index in [0.717, 1.165) is 17.5 Å². The largest absolute Gasteiger partial charge is 0.352 e. The molecule has 0 aliphatic rings. The molecule has 7 heteroatoms. The number of nitrogens with zero attached hydrogens (tertiary/aromatic N) is 1. The summed E-state index contributed by atoms with van der Waals surface area (Å²) in [6, 6.07) is 6.53. The Morgan fingerprint density at radius 2 is 2.00 bits per heavy atom. The Labute approximate surface area is 123 Å². The molecule has 0 unspecified atom stereocenters. The van der Waals surface area contributed by atoms with Gasteiger partial charge in [0, 0.05) is 24.1 Å². The zero-order chi connectivity index (χ0) is 15.5. The van der Waals surface area contributed by atoms with Crippen molar-refractivity contribution in [3.8, 4) is 0 Å². The first-order chi connectivity index (χ1) is 9.88. The van der Waals surface area contributed by atoms with Crippen LogP contribution in [0.25, 0.3) is 0 Å². The summed E-state index contributed by atoms with van der Waals surface area (Å²) in [6.45, 7) is 2.23. The molecule has 1 heterocycles. The molecule has 0 saturated heterocycles. The van der Waals surface area contributed by atoms with Crippen LogP contribution in [0.4, 0.5) is 0 Å². The highest BCUT2D eigenvalue weighted by Gasteiger charge is 2.15. The van der Waals surface area contributed by atoms with Gasteiger partial charge in [0.2, 0.25) is 5.91 Å². The first-order valence-corrected chi connectivity index (χ1v) is 8.30. The maximum absolute atomic E-state index is 12.0. The number of aryl methyl sites for hydroxylation is 1. The molecule has 0 radical (unpaired) electrons. The fourth-order valence-corrected chi connectivity index (χ4v) is 2.94. The molecule has 0 aliphatic carbocycles. The number of rotatable bonds is 5. The van der Waals surface area contributed by atoms with Gasteiger partial charge in [0.05, 0.1) is 17.5 Å². The molecule has 1 amide bonds. The summed E-state index contributed by atoms with van der Waals surface area (Å²) in [7, 11) is -3.34. The van der Waals surface area contributed by atoms with Crippen LogP contribution in [0.5, 0.6) is 0 Å². The number of H-pyrrole nitrogens is 1. The molecule has 112 valence electrons. The number of aromatic nitrogens is 2. The van der Waals surface area contributed by atoms with E-state index < -0.39 is 9.84 Å². The molecule has 2 rings (SSSR count). The van der Waals surface area contributed by atoms with E-state index in [2.05, 4.69) is 15.5 Å². The molecular formula is C14H17N3O3S. The summed E-state index contributed by atoms with van der Waals surface area (Å²) in [5.74, 6) is -0.230. The van der Waals surface area contributed by atoms with E-state index >= 15 is 0 Å². The van der Waals surface area contributed by atoms with Crippen molar-refractivity contribution in [2.75, 3.05) is 6.26 Å². The van der Waals surface area contributed by atoms with Gasteiger partial charge < -0.3 is 5.32 Å². The average molecular weight is 307 g/mol. The van der Waals surface area contributed by atoms with Crippen molar-refractivity contribution < 1.29 is 13.2 Å². The Balaban J connectivity index is 2.05. The first-order valence-electron chi connectivity index (χ1n) is 6.41. The van der Waals surface area contributed by atoms with Gasteiger partial charge in [0.15, 0.2) is 9.84 Å². The number of carbonyl (C=O) groups excluding carboxylic acids is 1. The number of aromatic amines is 1. The molecule has 0 spiro atoms. The Kier molecular flexibility index (Phi) is 4.42. The first kappa shape index (κ1) is 15.2. The number of hydrogen-bond donors (Lipinski definition) is 2. The second-order valence-corrected chi connectivity index (χ2v) is 6.84. The van der Waals surface area contributed by atoms with Crippen LogP contribution in [0, 0.1) is 6.92 Å². The van der Waals surface area contributed by atoms with Gasteiger partial charge in [-0.05, 0) is 18.6 Å². The van der Waals surface area contributed by atoms with Crippen LogP contribution in [0.3, 0.4) is 0 Å². The van der Waals surface area contributed by atoms with Crippen LogP contribution in [0.1, 0.15) is 16.8 Å². The third-order valence-corrected chi connectivity index (χ3v) is 4.33. The van der Waals surface area contributed by atoms with E-state index in [1.54, 1.807) is 24.4 Å². The quantitative estimate of drug-likeness (QED) is 0.861. The SMILES string of the molecule is Cc1[nH]ncc1CNC(=O)Cc1ccccc1S(C)(=O)=O. The van der Waals surface area contributed by atoms with E-state index in [0.29, 0.717) is 12.1 Å². The second kappa shape index (κ2) is 6.09. The zero-order valence-corrected chi connectivity index (χ0v) is 12.7. The van der Waals surface area contributed by atoms with Crippen molar-refractivity contribution in [3.05, 3.63) is 47.3 Å². The predicted molar refractivity (Wildman–Crippen MR) is 78.4 cm³/mol. The predicted octanol–water partition coefficient (Wildman–Crippen LogP) is 0.981. The molecular weight excluding hydrogens is 290 g/mol. The van der Waals surface area contributed by atoms with Gasteiger partial charge in [-0.25, -0.2) is 8.42 Å². The van der Waals surface area contributed by atoms with Crippen LogP contribution in [0.15, 0.2) is 35.4 Å². The van der Waals surface area contributed by atoms with Crippen LogP contribution in [-0.4, -0.2) is 30.8 Å². The van der Waals surface area contributed by atoms with E-state index in [-0.39, 0.29) is 17.2 Å². The minimum atomic E-state index is -3.34. The van der Waals surface area contributed by atoms with E-state index in [4.69, 9.17) is 0 Å². The molecule has 0 fully saturated rings. The van der Waals surface area contributed by atoms with Gasteiger partial charge in [-0.3, -0.25) is 9.89 Å². The highest BCUT2D eigenvalue weighted by atomic mass is 32.2. The second-order valence-electron chi connectivity index (χ2n) is 4.85. The summed E-state index contributed by atoms with van der Waals surface area (Å²) < 4.78 is 23.4. The Hall–Kier alpha value is -2.15. The lowest BCUT2D eigenvalue weighted by molar-refractivity contribution is -0.120. The van der Waals surface area contributed by atoms with Crippen molar-refractivity contribution in [1.82, 2.24) is 15.5 Å². The van der Waals surface area contributed by atoms with Crippen molar-refractivity contribution in [2.24, 2.45) is 0 Å². The molecule has 1 aromatic carbocycles. The molecule has 0 bridgehead atoms. The van der Waals surface area contributed by atoms with E-state index in [1.165, 1.54) is 6.07 Å². The lowest BCUT2D eigenvalue weighted by Crippen LogP contribution is -2.25. The van der Waals surface area contributed by atoms with E-state index in [1.807, 2.05) is 6.92 Å². The number of nitrogens with one attached hydrogen (secondary N) is 2. The summed E-state index contributed by atoms with van der Waals surface area (Å²) in [4.78, 5) is 12.2. The van der Waals surface area contributed by atoms with Gasteiger partial charge in [-0.15, -0.1) is 0 Å². The molecule has 6 nitrogen and oxygen atoms in total. The van der Waals surface area contributed by atoms with E-state index in [9.17, 15) is 13.2 Å². The fourth-order valence-electron chi connectivity index (χ4n) is 1.99. The molecule has 21 heavy (non-hydrogen) atoms. The average Bonchev–Trinajstić information content (AvgIpc) is 2.81. The minimum Gasteiger partial charge on any atom is -0.352 e. The molecule has 0 atom stereocenters. The highest BCUT2D eigenvalue weighted by molar-refractivity contribution is 7.90. The molecule has 2 aromatic rings.